The van der Waals surface area contributed by atoms with Gasteiger partial charge in [0, 0.05) is 19.3 Å². The van der Waals surface area contributed by atoms with Crippen LogP contribution in [0.5, 0.6) is 17.5 Å². The summed E-state index contributed by atoms with van der Waals surface area (Å²) in [5.74, 6) is -2.62. The Morgan fingerprint density at radius 1 is 0.847 bits per heavy atom. The summed E-state index contributed by atoms with van der Waals surface area (Å²) in [6.07, 6.45) is 17.3. The first-order chi connectivity index (χ1) is 28.5. The van der Waals surface area contributed by atoms with E-state index in [0.717, 1.165) is 35.8 Å². The topological polar surface area (TPSA) is 161 Å². The van der Waals surface area contributed by atoms with Crippen molar-refractivity contribution in [2.75, 3.05) is 35.2 Å². The smallest absolute Gasteiger partial charge is 0.334 e. The number of aromatic nitrogens is 2. The number of amides is 2. The molecule has 1 aromatic heterocycles. The lowest BCUT2D eigenvalue weighted by Crippen LogP contribution is -2.45. The van der Waals surface area contributed by atoms with Crippen molar-refractivity contribution in [2.45, 2.75) is 114 Å². The third-order valence-electron chi connectivity index (χ3n) is 10.7. The number of carbonyl (C=O) groups excluding carboxylic acids is 2. The van der Waals surface area contributed by atoms with Crippen LogP contribution in [0.15, 0.2) is 76.4 Å². The quantitative estimate of drug-likeness (QED) is 0.0465. The first kappa shape index (κ1) is 45.1. The molecule has 0 radical (unpaired) electrons. The van der Waals surface area contributed by atoms with Crippen molar-refractivity contribution in [1.82, 2.24) is 9.13 Å². The molecule has 320 valence electrons. The predicted molar refractivity (Wildman–Crippen MR) is 233 cm³/mol. The molecule has 59 heavy (non-hydrogen) atoms. The van der Waals surface area contributed by atoms with Crippen LogP contribution in [-0.4, -0.2) is 54.7 Å². The highest BCUT2D eigenvalue weighted by Crippen LogP contribution is 2.35. The van der Waals surface area contributed by atoms with Crippen LogP contribution in [0.2, 0.25) is 5.02 Å². The maximum Gasteiger partial charge on any atom is 0.334 e. The third-order valence-corrected chi connectivity index (χ3v) is 12.4. The molecule has 0 saturated heterocycles. The zero-order valence-electron chi connectivity index (χ0n) is 34.4. The van der Waals surface area contributed by atoms with Gasteiger partial charge < -0.3 is 24.8 Å². The number of rotatable bonds is 24. The summed E-state index contributed by atoms with van der Waals surface area (Å²) in [6.45, 7) is 2.76. The molecule has 13 nitrogen and oxygen atoms in total. The molecule has 0 bridgehead atoms. The zero-order chi connectivity index (χ0) is 42.4. The summed E-state index contributed by atoms with van der Waals surface area (Å²) in [5, 5.41) is 14.0. The van der Waals surface area contributed by atoms with Crippen molar-refractivity contribution < 1.29 is 32.6 Å². The number of nitrogens with one attached hydrogen (secondary N) is 2. The van der Waals surface area contributed by atoms with E-state index in [9.17, 15) is 27.9 Å². The molecule has 3 N–H and O–H groups in total. The van der Waals surface area contributed by atoms with Gasteiger partial charge in [0.1, 0.15) is 5.75 Å². The second-order valence-electron chi connectivity index (χ2n) is 15.0. The number of nitrogens with zero attached hydrogens (tertiary/aromatic N) is 3. The van der Waals surface area contributed by atoms with Gasteiger partial charge >= 0.3 is 5.69 Å². The number of unbranched alkanes of at least 4 members (excludes halogenated alkanes) is 13. The number of ether oxygens (including phenoxy) is 2. The Morgan fingerprint density at radius 3 is 2.08 bits per heavy atom. The van der Waals surface area contributed by atoms with E-state index in [0.29, 0.717) is 16.7 Å². The second-order valence-corrected chi connectivity index (χ2v) is 17.1. The largest absolute Gasteiger partial charge is 0.491 e. The average Bonchev–Trinajstić information content (AvgIpc) is 3.74. The van der Waals surface area contributed by atoms with Crippen LogP contribution in [0.25, 0.3) is 0 Å². The first-order valence-corrected chi connectivity index (χ1v) is 22.6. The first-order valence-electron chi connectivity index (χ1n) is 20.8. The van der Waals surface area contributed by atoms with Crippen LogP contribution in [-0.2, 0) is 33.1 Å². The monoisotopic (exact) mass is 851 g/mol. The van der Waals surface area contributed by atoms with Crippen LogP contribution in [0, 0.1) is 0 Å². The van der Waals surface area contributed by atoms with E-state index in [1.807, 2.05) is 12.1 Å². The molecule has 2 heterocycles. The molecular formula is C44H58ClN5O8S. The van der Waals surface area contributed by atoms with Gasteiger partial charge in [0.05, 0.1) is 35.0 Å². The number of hydrogen-bond acceptors (Lipinski definition) is 8. The number of aromatic hydroxyl groups is 1. The Bertz CT molecular complexity index is 2200. The Kier molecular flexibility index (Phi) is 16.7. The molecule has 0 spiro atoms. The summed E-state index contributed by atoms with van der Waals surface area (Å²) < 4.78 is 42.8. The lowest BCUT2D eigenvalue weighted by molar-refractivity contribution is -0.130. The normalized spacial score (nSPS) is 12.9. The van der Waals surface area contributed by atoms with Crippen LogP contribution in [0.4, 0.5) is 17.1 Å². The maximum absolute atomic E-state index is 14.5. The Labute approximate surface area is 352 Å². The summed E-state index contributed by atoms with van der Waals surface area (Å²) in [5.41, 5.74) is 0.668. The molecule has 4 aromatic rings. The minimum atomic E-state index is -4.25. The van der Waals surface area contributed by atoms with Gasteiger partial charge in [-0.1, -0.05) is 132 Å². The molecule has 5 rings (SSSR count). The highest BCUT2D eigenvalue weighted by Gasteiger charge is 2.40. The molecule has 1 aliphatic heterocycles. The summed E-state index contributed by atoms with van der Waals surface area (Å²) in [6, 6.07) is 15.7. The number of para-hydroxylation sites is 2. The Morgan fingerprint density at radius 2 is 1.46 bits per heavy atom. The second kappa shape index (κ2) is 21.9. The van der Waals surface area contributed by atoms with Crippen LogP contribution < -0.4 is 30.1 Å². The maximum atomic E-state index is 14.5. The lowest BCUT2D eigenvalue weighted by atomic mass is 10.0. The number of hydrogen-bond donors (Lipinski definition) is 3. The highest BCUT2D eigenvalue weighted by atomic mass is 35.5. The van der Waals surface area contributed by atoms with Gasteiger partial charge in [-0.25, -0.2) is 17.8 Å². The molecule has 3 aromatic carbocycles. The molecular weight excluding hydrogens is 794 g/mol. The number of anilines is 3. The summed E-state index contributed by atoms with van der Waals surface area (Å²) >= 11 is 6.26. The SMILES string of the molecule is CCCCCCCCCCCCCCCCOc1ccc(S(=O)(=O)Nc2ccccc2Cl)cc1NC(=O)C(C(=O)N1CCc2ccccc21)n1c(O)c(OC)n(C)c1=O. The predicted octanol–water partition coefficient (Wildman–Crippen LogP) is 8.98. The van der Waals surface area contributed by atoms with Gasteiger partial charge in [0.25, 0.3) is 33.6 Å². The fourth-order valence-electron chi connectivity index (χ4n) is 7.43. The van der Waals surface area contributed by atoms with Gasteiger partial charge in [-0.15, -0.1) is 0 Å². The standard InChI is InChI=1S/C44H58ClN5O8S/c1-4-5-6-7-8-9-10-11-12-13-14-15-16-21-30-58-38-27-26-33(59(55,56)47-35-24-19-18-23-34(35)45)31-36(38)46-40(51)39(50-42(53)43(57-3)48(2)44(50)54)41(52)49-29-28-32-22-17-20-25-37(32)49/h17-20,22-27,31,39,47,53H,4-16,21,28-30H2,1-3H3,(H,46,51). The molecule has 0 aliphatic carbocycles. The minimum Gasteiger partial charge on any atom is -0.491 e. The van der Waals surface area contributed by atoms with Gasteiger partial charge in [-0.3, -0.25) is 18.9 Å². The van der Waals surface area contributed by atoms with Crippen molar-refractivity contribution in [2.24, 2.45) is 7.05 Å². The van der Waals surface area contributed by atoms with Gasteiger partial charge in [0.15, 0.2) is 6.04 Å². The zero-order valence-corrected chi connectivity index (χ0v) is 36.0. The van der Waals surface area contributed by atoms with E-state index >= 15 is 0 Å². The van der Waals surface area contributed by atoms with Crippen molar-refractivity contribution in [3.05, 3.63) is 87.8 Å². The fraction of sp³-hybridized carbons (Fsp3) is 0.477. The Balaban J connectivity index is 1.33. The van der Waals surface area contributed by atoms with Gasteiger partial charge in [0.2, 0.25) is 0 Å². The van der Waals surface area contributed by atoms with E-state index in [-0.39, 0.29) is 46.1 Å². The molecule has 2 amide bonds. The van der Waals surface area contributed by atoms with E-state index in [1.54, 1.807) is 30.3 Å². The fourth-order valence-corrected chi connectivity index (χ4v) is 8.78. The van der Waals surface area contributed by atoms with Crippen LogP contribution in [0.1, 0.15) is 108 Å². The number of fused-ring (bicyclic) bond motifs is 1. The number of imidazole rings is 1. The van der Waals surface area contributed by atoms with Crippen molar-refractivity contribution in [3.63, 3.8) is 0 Å². The lowest BCUT2D eigenvalue weighted by Gasteiger charge is -2.25. The average molecular weight is 852 g/mol. The van der Waals surface area contributed by atoms with Gasteiger partial charge in [-0.2, -0.15) is 0 Å². The minimum absolute atomic E-state index is 0.0579. The summed E-state index contributed by atoms with van der Waals surface area (Å²) in [7, 11) is -1.66. The molecule has 15 heteroatoms. The molecule has 1 unspecified atom stereocenters. The number of sulfonamides is 1. The van der Waals surface area contributed by atoms with E-state index in [1.165, 1.54) is 108 Å². The van der Waals surface area contributed by atoms with Crippen LogP contribution >= 0.6 is 11.6 Å². The molecule has 0 saturated carbocycles. The number of halogens is 1. The van der Waals surface area contributed by atoms with Crippen molar-refractivity contribution in [1.29, 1.82) is 0 Å². The van der Waals surface area contributed by atoms with Crippen LogP contribution in [0.3, 0.4) is 0 Å². The Hall–Kier alpha value is -4.95. The number of methoxy groups -OCH3 is 1. The number of benzene rings is 3. The molecule has 1 aliphatic rings. The van der Waals surface area contributed by atoms with E-state index in [4.69, 9.17) is 21.1 Å². The third kappa shape index (κ3) is 11.6. The highest BCUT2D eigenvalue weighted by molar-refractivity contribution is 7.92. The van der Waals surface area contributed by atoms with Crippen molar-refractivity contribution in [3.8, 4) is 17.5 Å². The van der Waals surface area contributed by atoms with E-state index in [2.05, 4.69) is 17.0 Å². The number of carbonyl (C=O) groups is 2. The summed E-state index contributed by atoms with van der Waals surface area (Å²) in [4.78, 5) is 43.6. The van der Waals surface area contributed by atoms with E-state index < -0.39 is 39.4 Å². The molecule has 1 atom stereocenters. The van der Waals surface area contributed by atoms with Gasteiger partial charge in [-0.05, 0) is 54.8 Å². The molecule has 0 fully saturated rings. The van der Waals surface area contributed by atoms with Crippen molar-refractivity contribution >= 4 is 50.5 Å².